The van der Waals surface area contributed by atoms with Gasteiger partial charge >= 0.3 is 25.8 Å². The van der Waals surface area contributed by atoms with Crippen molar-refractivity contribution in [1.82, 2.24) is 0 Å². The van der Waals surface area contributed by atoms with E-state index >= 15 is 0 Å². The third-order valence-electron chi connectivity index (χ3n) is 5.72. The van der Waals surface area contributed by atoms with Gasteiger partial charge in [-0.1, -0.05) is 63.0 Å². The van der Waals surface area contributed by atoms with E-state index in [1.165, 1.54) is 35.4 Å². The molecule has 0 amide bonds. The van der Waals surface area contributed by atoms with Crippen LogP contribution in [0.25, 0.3) is 11.1 Å². The Hall–Kier alpha value is -1.07. The van der Waals surface area contributed by atoms with Gasteiger partial charge in [0.25, 0.3) is 0 Å². The molecule has 2 aromatic carbocycles. The summed E-state index contributed by atoms with van der Waals surface area (Å²) in [6, 6.07) is 16.4. The van der Waals surface area contributed by atoms with Crippen LogP contribution in [0.1, 0.15) is 50.7 Å². The average Bonchev–Trinajstić information content (AvgIpc) is 3.54. The smallest absolute Gasteiger partial charge is 1.00 e. The summed E-state index contributed by atoms with van der Waals surface area (Å²) in [5.41, 5.74) is 6.83. The van der Waals surface area contributed by atoms with Crippen molar-refractivity contribution in [2.45, 2.75) is 51.6 Å². The summed E-state index contributed by atoms with van der Waals surface area (Å²) >= 11 is 0. The second-order valence-corrected chi connectivity index (χ2v) is 10.2. The van der Waals surface area contributed by atoms with Crippen LogP contribution in [0.15, 0.2) is 71.8 Å². The molecule has 0 saturated carbocycles. The fourth-order valence-corrected chi connectivity index (χ4v) is 5.69. The third kappa shape index (κ3) is 10.3. The molecule has 1 saturated heterocycles. The number of benzene rings is 2. The van der Waals surface area contributed by atoms with Crippen molar-refractivity contribution in [2.24, 2.45) is 0 Å². The van der Waals surface area contributed by atoms with Crippen molar-refractivity contribution < 1.29 is 59.4 Å². The zero-order valence-electron chi connectivity index (χ0n) is 19.7. The predicted molar refractivity (Wildman–Crippen MR) is 130 cm³/mol. The number of hydrogen-bond acceptors (Lipinski definition) is 0. The van der Waals surface area contributed by atoms with Crippen LogP contribution in [-0.4, -0.2) is 9.52 Å². The molecule has 0 nitrogen and oxygen atoms in total. The van der Waals surface area contributed by atoms with Gasteiger partial charge in [-0.3, -0.25) is 12.2 Å². The van der Waals surface area contributed by atoms with E-state index in [9.17, 15) is 8.78 Å². The number of hydrogen-bond donors (Lipinski definition) is 0. The van der Waals surface area contributed by atoms with Crippen LogP contribution in [0.2, 0.25) is 12.1 Å². The Bertz CT molecular complexity index is 905. The Labute approximate surface area is 237 Å². The first-order valence-corrected chi connectivity index (χ1v) is 13.1. The van der Waals surface area contributed by atoms with Crippen LogP contribution in [0, 0.1) is 23.8 Å². The van der Waals surface area contributed by atoms with E-state index in [0.717, 1.165) is 35.1 Å². The fourth-order valence-electron chi connectivity index (χ4n) is 3.92. The van der Waals surface area contributed by atoms with Gasteiger partial charge in [0.05, 0.1) is 0 Å². The molecule has 2 aliphatic carbocycles. The molecule has 0 aromatic heterocycles. The molecule has 3 aliphatic rings. The van der Waals surface area contributed by atoms with Crippen molar-refractivity contribution in [3.8, 4) is 0 Å². The SMILES string of the molecule is C1CC[SiH2]C1.CC1=[C-]CC=C1c1ccc(F)cc1.CC1=[C-]CC=C1c1ccc(F)cc1.[Cl-].[Cl-].[Hf+4]. The van der Waals surface area contributed by atoms with E-state index in [1.54, 1.807) is 49.2 Å². The van der Waals surface area contributed by atoms with Crippen LogP contribution in [0.3, 0.4) is 0 Å². The standard InChI is InChI=1S/2C12H10F.C4H10Si.2ClH.Hf/c2*1-9-3-2-4-12(9)10-5-7-11(13)8-6-10;1-2-4-5-3-1;;;/h2*4-8H,2H2,1H3;1-5H2;2*1H;/q2*-1;;;;+4/p-2. The first-order valence-electron chi connectivity index (χ1n) is 11.1. The van der Waals surface area contributed by atoms with Crippen LogP contribution < -0.4 is 24.8 Å². The van der Waals surface area contributed by atoms with Crippen molar-refractivity contribution in [1.29, 1.82) is 0 Å². The normalized spacial score (nSPS) is 15.4. The molecule has 0 atom stereocenters. The van der Waals surface area contributed by atoms with Crippen LogP contribution >= 0.6 is 0 Å². The van der Waals surface area contributed by atoms with Gasteiger partial charge in [0.1, 0.15) is 11.6 Å². The Morgan fingerprint density at radius 2 is 1.00 bits per heavy atom. The quantitative estimate of drug-likeness (QED) is 0.334. The van der Waals surface area contributed by atoms with Crippen molar-refractivity contribution in [3.63, 3.8) is 0 Å². The summed E-state index contributed by atoms with van der Waals surface area (Å²) in [6.45, 7) is 4.06. The van der Waals surface area contributed by atoms with Gasteiger partial charge in [-0.2, -0.15) is 23.3 Å². The number of rotatable bonds is 2. The Morgan fingerprint density at radius 3 is 1.24 bits per heavy atom. The zero-order valence-corrected chi connectivity index (χ0v) is 26.3. The molecule has 0 N–H and O–H groups in total. The predicted octanol–water partition coefficient (Wildman–Crippen LogP) is 1.52. The molecule has 0 unspecified atom stereocenters. The van der Waals surface area contributed by atoms with Gasteiger partial charge in [-0.15, -0.1) is 24.0 Å². The van der Waals surface area contributed by atoms with E-state index in [-0.39, 0.29) is 62.3 Å². The summed E-state index contributed by atoms with van der Waals surface area (Å²) in [4.78, 5) is 0. The molecular weight excluding hydrogens is 652 g/mol. The summed E-state index contributed by atoms with van der Waals surface area (Å²) in [5, 5.41) is 0. The second-order valence-electron chi connectivity index (χ2n) is 8.03. The van der Waals surface area contributed by atoms with E-state index < -0.39 is 0 Å². The third-order valence-corrected chi connectivity index (χ3v) is 7.72. The minimum absolute atomic E-state index is 0. The maximum atomic E-state index is 12.6. The zero-order chi connectivity index (χ0) is 22.1. The Balaban J connectivity index is 0.000000497. The molecule has 1 heterocycles. The van der Waals surface area contributed by atoms with Gasteiger partial charge in [-0.25, -0.2) is 19.9 Å². The average molecular weight is 682 g/mol. The number of halogens is 4. The minimum Gasteiger partial charge on any atom is -1.00 e. The molecule has 1 aliphatic heterocycles. The van der Waals surface area contributed by atoms with E-state index in [2.05, 4.69) is 24.3 Å². The van der Waals surface area contributed by atoms with E-state index in [0.29, 0.717) is 9.52 Å². The molecule has 0 radical (unpaired) electrons. The number of allylic oxidation sites excluding steroid dienone is 8. The summed E-state index contributed by atoms with van der Waals surface area (Å²) < 4.78 is 25.3. The fraction of sp³-hybridized carbons (Fsp3) is 0.286. The largest absolute Gasteiger partial charge is 4.00 e. The molecule has 6 heteroatoms. The molecule has 5 rings (SSSR count). The first kappa shape index (κ1) is 32.9. The maximum Gasteiger partial charge on any atom is 4.00 e. The molecule has 34 heavy (non-hydrogen) atoms. The minimum atomic E-state index is -0.187. The van der Waals surface area contributed by atoms with Gasteiger partial charge in [0, 0.05) is 9.52 Å². The Morgan fingerprint density at radius 1 is 0.647 bits per heavy atom. The molecular formula is C28H30Cl2F2HfSi. The summed E-state index contributed by atoms with van der Waals surface area (Å²) in [5.74, 6) is -0.374. The van der Waals surface area contributed by atoms with E-state index in [4.69, 9.17) is 0 Å². The van der Waals surface area contributed by atoms with Gasteiger partial charge < -0.3 is 24.8 Å². The van der Waals surface area contributed by atoms with Crippen LogP contribution in [-0.2, 0) is 25.8 Å². The molecule has 178 valence electrons. The van der Waals surface area contributed by atoms with Crippen molar-refractivity contribution in [2.75, 3.05) is 0 Å². The molecule has 2 aromatic rings. The van der Waals surface area contributed by atoms with Crippen LogP contribution in [0.5, 0.6) is 0 Å². The Kier molecular flexibility index (Phi) is 16.8. The molecule has 1 fully saturated rings. The monoisotopic (exact) mass is 682 g/mol. The molecule has 0 spiro atoms. The maximum absolute atomic E-state index is 12.6. The summed E-state index contributed by atoms with van der Waals surface area (Å²) in [7, 11) is 0.543. The van der Waals surface area contributed by atoms with Crippen LogP contribution in [0.4, 0.5) is 8.78 Å². The van der Waals surface area contributed by atoms with Crippen molar-refractivity contribution >= 4 is 20.7 Å². The van der Waals surface area contributed by atoms with E-state index in [1.807, 2.05) is 13.8 Å². The molecule has 0 bridgehead atoms. The van der Waals surface area contributed by atoms with Crippen molar-refractivity contribution in [3.05, 3.63) is 107 Å². The second kappa shape index (κ2) is 17.4. The topological polar surface area (TPSA) is 0 Å². The summed E-state index contributed by atoms with van der Waals surface area (Å²) in [6.07, 6.45) is 15.5. The van der Waals surface area contributed by atoms with Gasteiger partial charge in [0.15, 0.2) is 0 Å². The van der Waals surface area contributed by atoms with Gasteiger partial charge in [0.2, 0.25) is 0 Å². The van der Waals surface area contributed by atoms with Gasteiger partial charge in [-0.05, 0) is 24.3 Å². The first-order chi connectivity index (χ1) is 15.0.